The number of carbonyl (C=O) groups is 1. The van der Waals surface area contributed by atoms with Crippen LogP contribution in [0.3, 0.4) is 0 Å². The molecule has 2 heterocycles. The number of methoxy groups -OCH3 is 1. The predicted molar refractivity (Wildman–Crippen MR) is 116 cm³/mol. The molecule has 1 N–H and O–H groups in total. The van der Waals surface area contributed by atoms with Gasteiger partial charge in [0.15, 0.2) is 0 Å². The molecule has 0 spiro atoms. The van der Waals surface area contributed by atoms with Crippen molar-refractivity contribution in [3.05, 3.63) is 87.1 Å². The fraction of sp³-hybridized carbons (Fsp3) is 0.190. The summed E-state index contributed by atoms with van der Waals surface area (Å²) in [5.41, 5.74) is 2.74. The first kappa shape index (κ1) is 20.6. The van der Waals surface area contributed by atoms with Crippen molar-refractivity contribution in [2.24, 2.45) is 0 Å². The highest BCUT2D eigenvalue weighted by Crippen LogP contribution is 2.37. The van der Waals surface area contributed by atoms with Crippen LogP contribution in [0.5, 0.6) is 0 Å². The monoisotopic (exact) mass is 437 g/mol. The van der Waals surface area contributed by atoms with E-state index in [1.807, 2.05) is 30.3 Å². The largest absolute Gasteiger partial charge is 0.466 e. The number of esters is 1. The summed E-state index contributed by atoms with van der Waals surface area (Å²) in [6.07, 6.45) is 0. The quantitative estimate of drug-likeness (QED) is 0.267. The molecule has 0 amide bonds. The molecule has 31 heavy (non-hydrogen) atoms. The molecule has 3 aromatic rings. The Labute approximate surface area is 182 Å². The number of nitro groups is 1. The summed E-state index contributed by atoms with van der Waals surface area (Å²) in [7, 11) is 1.31. The van der Waals surface area contributed by atoms with Crippen LogP contribution in [-0.4, -0.2) is 32.8 Å². The number of ether oxygens (including phenoxy) is 1. The minimum atomic E-state index is -0.622. The third-order valence-electron chi connectivity index (χ3n) is 4.87. The molecule has 2 aromatic carbocycles. The number of non-ortho nitro benzene ring substituents is 1. The molecule has 1 atom stereocenters. The first-order valence-corrected chi connectivity index (χ1v) is 10.4. The van der Waals surface area contributed by atoms with Gasteiger partial charge in [0.05, 0.1) is 17.6 Å². The van der Waals surface area contributed by atoms with E-state index in [1.54, 1.807) is 23.7 Å². The van der Waals surface area contributed by atoms with E-state index in [0.717, 1.165) is 5.56 Å². The fourth-order valence-corrected chi connectivity index (χ4v) is 4.16. The molecule has 1 unspecified atom stereocenters. The third kappa shape index (κ3) is 4.15. The van der Waals surface area contributed by atoms with E-state index in [4.69, 9.17) is 4.74 Å². The van der Waals surface area contributed by atoms with Crippen molar-refractivity contribution in [3.63, 3.8) is 0 Å². The molecule has 0 fully saturated rings. The normalized spacial score (nSPS) is 15.2. The van der Waals surface area contributed by atoms with Crippen LogP contribution in [0.15, 0.2) is 71.0 Å². The maximum Gasteiger partial charge on any atom is 0.338 e. The molecule has 1 aromatic heterocycles. The number of hydrogen-bond donors (Lipinski definition) is 1. The average Bonchev–Trinajstić information content (AvgIpc) is 3.19. The highest BCUT2D eigenvalue weighted by molar-refractivity contribution is 7.98. The smallest absolute Gasteiger partial charge is 0.338 e. The minimum Gasteiger partial charge on any atom is -0.466 e. The van der Waals surface area contributed by atoms with Crippen molar-refractivity contribution >= 4 is 29.4 Å². The number of thioether (sulfide) groups is 1. The molecule has 4 rings (SSSR count). The van der Waals surface area contributed by atoms with Gasteiger partial charge in [-0.05, 0) is 30.2 Å². The Morgan fingerprint density at radius 1 is 1.23 bits per heavy atom. The number of carbonyl (C=O) groups excluding carboxylic acids is 1. The topological polar surface area (TPSA) is 112 Å². The lowest BCUT2D eigenvalue weighted by molar-refractivity contribution is -0.384. The van der Waals surface area contributed by atoms with Gasteiger partial charge in [-0.2, -0.15) is 4.98 Å². The Morgan fingerprint density at radius 3 is 2.58 bits per heavy atom. The number of nitrogens with one attached hydrogen (secondary N) is 1. The van der Waals surface area contributed by atoms with Gasteiger partial charge in [0.1, 0.15) is 6.04 Å². The van der Waals surface area contributed by atoms with Gasteiger partial charge in [-0.25, -0.2) is 9.48 Å². The Morgan fingerprint density at radius 2 is 1.94 bits per heavy atom. The number of hydrogen-bond acceptors (Lipinski definition) is 8. The molecule has 9 nitrogen and oxygen atoms in total. The van der Waals surface area contributed by atoms with E-state index in [2.05, 4.69) is 15.4 Å². The summed E-state index contributed by atoms with van der Waals surface area (Å²) in [4.78, 5) is 27.7. The Bertz CT molecular complexity index is 1160. The molecule has 1 aliphatic rings. The zero-order valence-corrected chi connectivity index (χ0v) is 17.6. The Balaban J connectivity index is 1.71. The van der Waals surface area contributed by atoms with Gasteiger partial charge in [0, 0.05) is 23.6 Å². The third-order valence-corrected chi connectivity index (χ3v) is 5.78. The Kier molecular flexibility index (Phi) is 5.72. The summed E-state index contributed by atoms with van der Waals surface area (Å²) in [6, 6.07) is 15.4. The molecule has 158 valence electrons. The van der Waals surface area contributed by atoms with E-state index in [9.17, 15) is 14.9 Å². The van der Waals surface area contributed by atoms with Crippen LogP contribution in [0, 0.1) is 10.1 Å². The molecule has 0 saturated heterocycles. The predicted octanol–water partition coefficient (Wildman–Crippen LogP) is 3.94. The molecule has 10 heteroatoms. The maximum atomic E-state index is 12.6. The van der Waals surface area contributed by atoms with Crippen molar-refractivity contribution < 1.29 is 14.5 Å². The number of fused-ring (bicyclic) bond motifs is 1. The second-order valence-corrected chi connectivity index (χ2v) is 7.79. The number of anilines is 1. The number of nitro benzene ring substituents is 1. The SMILES string of the molecule is COC(=O)C1=C(C)Nc2nc(SCc3ccccc3)nn2C1c1ccc([N+](=O)[O-])cc1. The molecule has 0 radical (unpaired) electrons. The zero-order valence-electron chi connectivity index (χ0n) is 16.8. The summed E-state index contributed by atoms with van der Waals surface area (Å²) in [5.74, 6) is 0.681. The number of aromatic nitrogens is 3. The van der Waals surface area contributed by atoms with Gasteiger partial charge in [0.2, 0.25) is 11.1 Å². The van der Waals surface area contributed by atoms with Gasteiger partial charge >= 0.3 is 5.97 Å². The van der Waals surface area contributed by atoms with Crippen molar-refractivity contribution in [1.82, 2.24) is 14.8 Å². The van der Waals surface area contributed by atoms with E-state index in [-0.39, 0.29) is 5.69 Å². The van der Waals surface area contributed by atoms with Gasteiger partial charge in [0.25, 0.3) is 5.69 Å². The van der Waals surface area contributed by atoms with Crippen LogP contribution < -0.4 is 5.32 Å². The van der Waals surface area contributed by atoms with Crippen LogP contribution in [-0.2, 0) is 15.3 Å². The summed E-state index contributed by atoms with van der Waals surface area (Å²) in [6.45, 7) is 1.76. The average molecular weight is 437 g/mol. The van der Waals surface area contributed by atoms with Crippen molar-refractivity contribution in [2.45, 2.75) is 23.9 Å². The van der Waals surface area contributed by atoms with Crippen LogP contribution in [0.4, 0.5) is 11.6 Å². The van der Waals surface area contributed by atoms with E-state index >= 15 is 0 Å². The Hall–Kier alpha value is -3.66. The van der Waals surface area contributed by atoms with Crippen LogP contribution in [0.2, 0.25) is 0 Å². The van der Waals surface area contributed by atoms with Crippen molar-refractivity contribution in [1.29, 1.82) is 0 Å². The van der Waals surface area contributed by atoms with E-state index in [0.29, 0.717) is 33.7 Å². The number of benzene rings is 2. The first-order chi connectivity index (χ1) is 15.0. The molecule has 1 aliphatic heterocycles. The summed E-state index contributed by atoms with van der Waals surface area (Å²) < 4.78 is 6.61. The lowest BCUT2D eigenvalue weighted by Gasteiger charge is -2.27. The van der Waals surface area contributed by atoms with E-state index < -0.39 is 16.9 Å². The lowest BCUT2D eigenvalue weighted by atomic mass is 9.95. The van der Waals surface area contributed by atoms with Gasteiger partial charge in [-0.1, -0.05) is 42.1 Å². The second kappa shape index (κ2) is 8.60. The van der Waals surface area contributed by atoms with Gasteiger partial charge in [-0.15, -0.1) is 5.10 Å². The maximum absolute atomic E-state index is 12.6. The number of nitrogens with zero attached hydrogens (tertiary/aromatic N) is 4. The van der Waals surface area contributed by atoms with Crippen LogP contribution >= 0.6 is 11.8 Å². The van der Waals surface area contributed by atoms with Gasteiger partial charge < -0.3 is 10.1 Å². The highest BCUT2D eigenvalue weighted by atomic mass is 32.2. The number of allylic oxidation sites excluding steroid dienone is 1. The van der Waals surface area contributed by atoms with Crippen LogP contribution in [0.25, 0.3) is 0 Å². The van der Waals surface area contributed by atoms with Crippen molar-refractivity contribution in [2.75, 3.05) is 12.4 Å². The molecular formula is C21H19N5O4S. The summed E-state index contributed by atoms with van der Waals surface area (Å²) >= 11 is 1.48. The standard InChI is InChI=1S/C21H19N5O4S/c1-13-17(19(27)30-2)18(15-8-10-16(11-9-15)26(28)29)25-20(22-13)23-21(24-25)31-12-14-6-4-3-5-7-14/h3-11,18H,12H2,1-2H3,(H,22,23,24). The van der Waals surface area contributed by atoms with Crippen molar-refractivity contribution in [3.8, 4) is 0 Å². The molecular weight excluding hydrogens is 418 g/mol. The highest BCUT2D eigenvalue weighted by Gasteiger charge is 2.35. The van der Waals surface area contributed by atoms with E-state index in [1.165, 1.54) is 31.0 Å². The summed E-state index contributed by atoms with van der Waals surface area (Å²) in [5, 5.41) is 19.3. The first-order valence-electron chi connectivity index (χ1n) is 9.41. The van der Waals surface area contributed by atoms with Gasteiger partial charge in [-0.3, -0.25) is 10.1 Å². The number of rotatable bonds is 6. The molecule has 0 saturated carbocycles. The molecule has 0 bridgehead atoms. The zero-order chi connectivity index (χ0) is 22.0. The molecule has 0 aliphatic carbocycles. The second-order valence-electron chi connectivity index (χ2n) is 6.84. The fourth-order valence-electron chi connectivity index (χ4n) is 3.38. The lowest BCUT2D eigenvalue weighted by Crippen LogP contribution is -2.29. The minimum absolute atomic E-state index is 0.0316. The van der Waals surface area contributed by atoms with Crippen LogP contribution in [0.1, 0.15) is 24.1 Å².